The number of carbonyl (C=O) groups excluding carboxylic acids is 1. The summed E-state index contributed by atoms with van der Waals surface area (Å²) in [6.07, 6.45) is 1.03. The lowest BCUT2D eigenvalue weighted by molar-refractivity contribution is 0.103. The fraction of sp³-hybridized carbons (Fsp3) is 0.188. The Hall–Kier alpha value is -2.29. The summed E-state index contributed by atoms with van der Waals surface area (Å²) in [5.74, 6) is 0.723. The lowest BCUT2D eigenvalue weighted by Crippen LogP contribution is -2.02. The van der Waals surface area contributed by atoms with Gasteiger partial charge >= 0.3 is 0 Å². The highest BCUT2D eigenvalue weighted by atomic mass is 16.5. The van der Waals surface area contributed by atoms with Crippen LogP contribution in [-0.4, -0.2) is 19.4 Å². The monoisotopic (exact) mass is 253 g/mol. The molecule has 0 atom stereocenters. The van der Waals surface area contributed by atoms with Crippen LogP contribution < -0.4 is 10.1 Å². The van der Waals surface area contributed by atoms with Gasteiger partial charge in [0.05, 0.1) is 7.11 Å². The maximum atomic E-state index is 12.4. The molecule has 3 nitrogen and oxygen atoms in total. The minimum atomic E-state index is 0.0235. The Morgan fingerprint density at radius 2 is 2.00 bits per heavy atom. The average molecular weight is 253 g/mol. The maximum absolute atomic E-state index is 12.4. The van der Waals surface area contributed by atoms with E-state index in [0.29, 0.717) is 16.9 Å². The summed E-state index contributed by atoms with van der Waals surface area (Å²) in [4.78, 5) is 12.4. The minimum Gasteiger partial charge on any atom is -0.497 e. The first-order valence-electron chi connectivity index (χ1n) is 6.33. The molecule has 96 valence electrons. The van der Waals surface area contributed by atoms with Gasteiger partial charge in [-0.05, 0) is 30.2 Å². The van der Waals surface area contributed by atoms with Crippen LogP contribution in [0.15, 0.2) is 42.5 Å². The van der Waals surface area contributed by atoms with Crippen LogP contribution in [0.3, 0.4) is 0 Å². The molecule has 2 aromatic carbocycles. The lowest BCUT2D eigenvalue weighted by atomic mass is 10.0. The van der Waals surface area contributed by atoms with E-state index in [1.165, 1.54) is 5.56 Å². The Morgan fingerprint density at radius 1 is 1.16 bits per heavy atom. The number of hydrogen-bond donors (Lipinski definition) is 1. The van der Waals surface area contributed by atoms with Crippen molar-refractivity contribution in [3.63, 3.8) is 0 Å². The summed E-state index contributed by atoms with van der Waals surface area (Å²) < 4.78 is 5.15. The minimum absolute atomic E-state index is 0.0235. The molecule has 0 fully saturated rings. The van der Waals surface area contributed by atoms with Gasteiger partial charge in [-0.3, -0.25) is 4.79 Å². The molecule has 1 heterocycles. The van der Waals surface area contributed by atoms with Crippen LogP contribution in [-0.2, 0) is 6.42 Å². The normalized spacial score (nSPS) is 12.7. The van der Waals surface area contributed by atoms with E-state index in [-0.39, 0.29) is 5.78 Å². The SMILES string of the molecule is COc1cccc(C(=O)c2ccc3c(c2)NCC3)c1. The number of carbonyl (C=O) groups is 1. The zero-order valence-electron chi connectivity index (χ0n) is 10.8. The highest BCUT2D eigenvalue weighted by Gasteiger charge is 2.15. The second-order valence-corrected chi connectivity index (χ2v) is 4.61. The van der Waals surface area contributed by atoms with Gasteiger partial charge in [-0.1, -0.05) is 24.3 Å². The maximum Gasteiger partial charge on any atom is 0.193 e. The van der Waals surface area contributed by atoms with Crippen molar-refractivity contribution >= 4 is 11.5 Å². The van der Waals surface area contributed by atoms with Crippen molar-refractivity contribution < 1.29 is 9.53 Å². The third kappa shape index (κ3) is 2.19. The Bertz CT molecular complexity index is 634. The first-order valence-corrected chi connectivity index (χ1v) is 6.33. The first kappa shape index (κ1) is 11.8. The standard InChI is InChI=1S/C16H15NO2/c1-19-14-4-2-3-12(9-14)16(18)13-6-5-11-7-8-17-15(11)10-13/h2-6,9-10,17H,7-8H2,1H3. The smallest absolute Gasteiger partial charge is 0.193 e. The molecule has 0 aliphatic carbocycles. The van der Waals surface area contributed by atoms with Crippen molar-refractivity contribution in [2.75, 3.05) is 19.0 Å². The second-order valence-electron chi connectivity index (χ2n) is 4.61. The van der Waals surface area contributed by atoms with Crippen molar-refractivity contribution in [2.45, 2.75) is 6.42 Å². The van der Waals surface area contributed by atoms with E-state index in [2.05, 4.69) is 5.32 Å². The Kier molecular flexibility index (Phi) is 2.95. The molecule has 3 heteroatoms. The average Bonchev–Trinajstić information content (AvgIpc) is 2.94. The molecule has 0 saturated carbocycles. The van der Waals surface area contributed by atoms with Crippen LogP contribution in [0, 0.1) is 0 Å². The molecule has 19 heavy (non-hydrogen) atoms. The van der Waals surface area contributed by atoms with Gasteiger partial charge in [-0.2, -0.15) is 0 Å². The van der Waals surface area contributed by atoms with Crippen molar-refractivity contribution in [3.8, 4) is 5.75 Å². The van der Waals surface area contributed by atoms with E-state index < -0.39 is 0 Å². The Labute approximate surface area is 112 Å². The van der Waals surface area contributed by atoms with E-state index in [1.54, 1.807) is 13.2 Å². The fourth-order valence-corrected chi connectivity index (χ4v) is 2.36. The molecule has 0 spiro atoms. The molecule has 0 bridgehead atoms. The van der Waals surface area contributed by atoms with Crippen LogP contribution in [0.2, 0.25) is 0 Å². The number of nitrogens with one attached hydrogen (secondary N) is 1. The van der Waals surface area contributed by atoms with E-state index in [0.717, 1.165) is 18.7 Å². The quantitative estimate of drug-likeness (QED) is 0.855. The van der Waals surface area contributed by atoms with Gasteiger partial charge in [0, 0.05) is 23.4 Å². The number of fused-ring (bicyclic) bond motifs is 1. The molecule has 1 aliphatic rings. The molecular formula is C16H15NO2. The van der Waals surface area contributed by atoms with Crippen molar-refractivity contribution in [3.05, 3.63) is 59.2 Å². The van der Waals surface area contributed by atoms with Crippen LogP contribution in [0.25, 0.3) is 0 Å². The number of benzene rings is 2. The summed E-state index contributed by atoms with van der Waals surface area (Å²) in [5, 5.41) is 3.29. The highest BCUT2D eigenvalue weighted by molar-refractivity contribution is 6.09. The van der Waals surface area contributed by atoms with Gasteiger partial charge < -0.3 is 10.1 Å². The van der Waals surface area contributed by atoms with Gasteiger partial charge in [0.25, 0.3) is 0 Å². The number of anilines is 1. The topological polar surface area (TPSA) is 38.3 Å². The molecule has 0 aromatic heterocycles. The number of ether oxygens (including phenoxy) is 1. The summed E-state index contributed by atoms with van der Waals surface area (Å²) in [6.45, 7) is 0.951. The summed E-state index contributed by atoms with van der Waals surface area (Å²) in [5.41, 5.74) is 3.72. The molecule has 1 N–H and O–H groups in total. The van der Waals surface area contributed by atoms with Crippen molar-refractivity contribution in [1.82, 2.24) is 0 Å². The number of ketones is 1. The van der Waals surface area contributed by atoms with Gasteiger partial charge in [0.1, 0.15) is 5.75 Å². The van der Waals surface area contributed by atoms with Gasteiger partial charge in [-0.15, -0.1) is 0 Å². The molecule has 0 radical (unpaired) electrons. The Balaban J connectivity index is 1.95. The van der Waals surface area contributed by atoms with Crippen LogP contribution in [0.5, 0.6) is 5.75 Å². The highest BCUT2D eigenvalue weighted by Crippen LogP contribution is 2.25. The van der Waals surface area contributed by atoms with Crippen molar-refractivity contribution in [1.29, 1.82) is 0 Å². The molecular weight excluding hydrogens is 238 g/mol. The van der Waals surface area contributed by atoms with Crippen molar-refractivity contribution in [2.24, 2.45) is 0 Å². The largest absolute Gasteiger partial charge is 0.497 e. The zero-order valence-corrected chi connectivity index (χ0v) is 10.8. The van der Waals surface area contributed by atoms with Crippen LogP contribution >= 0.6 is 0 Å². The summed E-state index contributed by atoms with van der Waals surface area (Å²) in [7, 11) is 1.60. The molecule has 0 saturated heterocycles. The third-order valence-electron chi connectivity index (χ3n) is 3.41. The summed E-state index contributed by atoms with van der Waals surface area (Å²) in [6, 6.07) is 13.1. The predicted molar refractivity (Wildman–Crippen MR) is 75.1 cm³/mol. The van der Waals surface area contributed by atoms with Gasteiger partial charge in [0.15, 0.2) is 5.78 Å². The van der Waals surface area contributed by atoms with E-state index in [9.17, 15) is 4.79 Å². The second kappa shape index (κ2) is 4.76. The van der Waals surface area contributed by atoms with Crippen LogP contribution in [0.4, 0.5) is 5.69 Å². The lowest BCUT2D eigenvalue weighted by Gasteiger charge is -2.06. The van der Waals surface area contributed by atoms with Gasteiger partial charge in [0.2, 0.25) is 0 Å². The van der Waals surface area contributed by atoms with E-state index >= 15 is 0 Å². The van der Waals surface area contributed by atoms with E-state index in [4.69, 9.17) is 4.74 Å². The van der Waals surface area contributed by atoms with E-state index in [1.807, 2.05) is 36.4 Å². The predicted octanol–water partition coefficient (Wildman–Crippen LogP) is 2.89. The number of methoxy groups -OCH3 is 1. The molecule has 2 aromatic rings. The Morgan fingerprint density at radius 3 is 2.84 bits per heavy atom. The molecule has 0 amide bonds. The zero-order chi connectivity index (χ0) is 13.2. The van der Waals surface area contributed by atoms with Crippen LogP contribution in [0.1, 0.15) is 21.5 Å². The summed E-state index contributed by atoms with van der Waals surface area (Å²) >= 11 is 0. The first-order chi connectivity index (χ1) is 9.28. The molecule has 0 unspecified atom stereocenters. The van der Waals surface area contributed by atoms with Gasteiger partial charge in [-0.25, -0.2) is 0 Å². The third-order valence-corrected chi connectivity index (χ3v) is 3.41. The fourth-order valence-electron chi connectivity index (χ4n) is 2.36. The number of hydrogen-bond acceptors (Lipinski definition) is 3. The molecule has 3 rings (SSSR count). The molecule has 1 aliphatic heterocycles. The number of rotatable bonds is 3.